The molecule has 3 rings (SSSR count). The van der Waals surface area contributed by atoms with Crippen molar-refractivity contribution in [1.82, 2.24) is 14.8 Å². The molecule has 1 unspecified atom stereocenters. The zero-order valence-electron chi connectivity index (χ0n) is 14.5. The predicted molar refractivity (Wildman–Crippen MR) is 107 cm³/mol. The third-order valence-electron chi connectivity index (χ3n) is 3.89. The summed E-state index contributed by atoms with van der Waals surface area (Å²) < 4.78 is 8.04. The summed E-state index contributed by atoms with van der Waals surface area (Å²) in [5, 5.41) is 10.8. The monoisotopic (exact) mass is 407 g/mol. The lowest BCUT2D eigenvalue weighted by molar-refractivity contribution is 0.210. The molecule has 136 valence electrons. The van der Waals surface area contributed by atoms with Crippen molar-refractivity contribution in [3.63, 3.8) is 0 Å². The molecule has 26 heavy (non-hydrogen) atoms. The molecule has 1 atom stereocenters. The van der Waals surface area contributed by atoms with Gasteiger partial charge in [0.25, 0.3) is 0 Å². The largest absolute Gasteiger partial charge is 0.483 e. The highest BCUT2D eigenvalue weighted by Gasteiger charge is 2.19. The normalized spacial score (nSPS) is 12.2. The maximum Gasteiger partial charge on any atom is 0.191 e. The second-order valence-electron chi connectivity index (χ2n) is 5.65. The number of nitrogens with zero attached hydrogens (tertiary/aromatic N) is 3. The Morgan fingerprint density at radius 1 is 1.04 bits per heavy atom. The van der Waals surface area contributed by atoms with Gasteiger partial charge in [-0.15, -0.1) is 10.2 Å². The van der Waals surface area contributed by atoms with E-state index in [1.165, 1.54) is 0 Å². The lowest BCUT2D eigenvalue weighted by Gasteiger charge is -2.15. The van der Waals surface area contributed by atoms with Crippen LogP contribution < -0.4 is 4.74 Å². The van der Waals surface area contributed by atoms with Crippen LogP contribution in [0.1, 0.15) is 31.3 Å². The molecule has 0 aliphatic heterocycles. The molecule has 2 aromatic carbocycles. The zero-order chi connectivity index (χ0) is 18.5. The third-order valence-corrected chi connectivity index (χ3v) is 5.59. The lowest BCUT2D eigenvalue weighted by atomic mass is 10.2. The van der Waals surface area contributed by atoms with Gasteiger partial charge >= 0.3 is 0 Å². The Hall–Kier alpha value is -1.69. The number of ether oxygens (including phenoxy) is 1. The molecule has 7 heteroatoms. The fraction of sp³-hybridized carbons (Fsp3) is 0.263. The molecule has 0 saturated heterocycles. The first-order chi connectivity index (χ1) is 12.6. The molecule has 0 saturated carbocycles. The Labute approximate surface area is 167 Å². The summed E-state index contributed by atoms with van der Waals surface area (Å²) in [5.74, 6) is 2.23. The van der Waals surface area contributed by atoms with Gasteiger partial charge in [0.2, 0.25) is 0 Å². The van der Waals surface area contributed by atoms with Crippen molar-refractivity contribution in [3.05, 3.63) is 70.0 Å². The number of hydrogen-bond acceptors (Lipinski definition) is 4. The molecule has 0 amide bonds. The van der Waals surface area contributed by atoms with Crippen LogP contribution in [0.5, 0.6) is 5.75 Å². The van der Waals surface area contributed by atoms with Gasteiger partial charge in [-0.1, -0.05) is 59.2 Å². The van der Waals surface area contributed by atoms with E-state index in [-0.39, 0.29) is 6.10 Å². The van der Waals surface area contributed by atoms with Crippen LogP contribution in [-0.4, -0.2) is 14.8 Å². The highest BCUT2D eigenvalue weighted by Crippen LogP contribution is 2.32. The molecule has 0 radical (unpaired) electrons. The van der Waals surface area contributed by atoms with Gasteiger partial charge < -0.3 is 9.30 Å². The predicted octanol–water partition coefficient (Wildman–Crippen LogP) is 6.04. The van der Waals surface area contributed by atoms with Gasteiger partial charge in [0.05, 0.1) is 0 Å². The van der Waals surface area contributed by atoms with E-state index in [0.29, 0.717) is 15.8 Å². The van der Waals surface area contributed by atoms with Crippen LogP contribution in [0.3, 0.4) is 0 Å². The van der Waals surface area contributed by atoms with E-state index in [1.54, 1.807) is 11.8 Å². The number of aromatic nitrogens is 3. The summed E-state index contributed by atoms with van der Waals surface area (Å²) in [6, 6.07) is 15.2. The van der Waals surface area contributed by atoms with E-state index >= 15 is 0 Å². The van der Waals surface area contributed by atoms with Crippen molar-refractivity contribution in [2.45, 2.75) is 37.4 Å². The standard InChI is InChI=1S/C19H19Cl2N3OS/c1-3-24-18(13(2)25-14-8-5-4-6-9-14)22-23-19(24)26-12-15-16(20)10-7-11-17(15)21/h4-11,13H,3,12H2,1-2H3. The van der Waals surface area contributed by atoms with Crippen LogP contribution in [0.25, 0.3) is 0 Å². The number of benzene rings is 2. The van der Waals surface area contributed by atoms with Gasteiger partial charge in [0.15, 0.2) is 17.1 Å². The average Bonchev–Trinajstić information content (AvgIpc) is 3.05. The zero-order valence-corrected chi connectivity index (χ0v) is 16.9. The van der Waals surface area contributed by atoms with Gasteiger partial charge in [0.1, 0.15) is 5.75 Å². The van der Waals surface area contributed by atoms with E-state index in [9.17, 15) is 0 Å². The minimum Gasteiger partial charge on any atom is -0.483 e. The Kier molecular flexibility index (Phi) is 6.46. The second-order valence-corrected chi connectivity index (χ2v) is 7.40. The van der Waals surface area contributed by atoms with Crippen molar-refractivity contribution >= 4 is 35.0 Å². The Morgan fingerprint density at radius 2 is 1.73 bits per heavy atom. The molecular formula is C19H19Cl2N3OS. The Bertz CT molecular complexity index is 850. The summed E-state index contributed by atoms with van der Waals surface area (Å²) in [6.45, 7) is 4.79. The summed E-state index contributed by atoms with van der Waals surface area (Å²) >= 11 is 14.1. The fourth-order valence-corrected chi connectivity index (χ4v) is 4.32. The quantitative estimate of drug-likeness (QED) is 0.447. The number of para-hydroxylation sites is 1. The van der Waals surface area contributed by atoms with Gasteiger partial charge in [-0.05, 0) is 43.7 Å². The van der Waals surface area contributed by atoms with Crippen molar-refractivity contribution < 1.29 is 4.74 Å². The molecule has 0 bridgehead atoms. The molecule has 0 aliphatic rings. The van der Waals surface area contributed by atoms with Crippen LogP contribution >= 0.6 is 35.0 Å². The highest BCUT2D eigenvalue weighted by atomic mass is 35.5. The highest BCUT2D eigenvalue weighted by molar-refractivity contribution is 7.98. The van der Waals surface area contributed by atoms with E-state index in [1.807, 2.05) is 55.5 Å². The van der Waals surface area contributed by atoms with Crippen LogP contribution in [-0.2, 0) is 12.3 Å². The van der Waals surface area contributed by atoms with Gasteiger partial charge in [-0.2, -0.15) is 0 Å². The van der Waals surface area contributed by atoms with E-state index < -0.39 is 0 Å². The minimum atomic E-state index is -0.205. The van der Waals surface area contributed by atoms with E-state index in [0.717, 1.165) is 28.8 Å². The first kappa shape index (κ1) is 19.1. The molecule has 0 fully saturated rings. The van der Waals surface area contributed by atoms with Gasteiger partial charge in [0, 0.05) is 22.3 Å². The van der Waals surface area contributed by atoms with Crippen molar-refractivity contribution in [1.29, 1.82) is 0 Å². The number of rotatable bonds is 7. The molecule has 0 spiro atoms. The summed E-state index contributed by atoms with van der Waals surface area (Å²) in [4.78, 5) is 0. The second kappa shape index (κ2) is 8.80. The molecule has 0 aliphatic carbocycles. The first-order valence-corrected chi connectivity index (χ1v) is 10.0. The number of hydrogen-bond donors (Lipinski definition) is 0. The van der Waals surface area contributed by atoms with Crippen LogP contribution in [0.2, 0.25) is 10.0 Å². The third kappa shape index (κ3) is 4.34. The molecule has 3 aromatic rings. The maximum absolute atomic E-state index is 6.25. The summed E-state index contributed by atoms with van der Waals surface area (Å²) in [7, 11) is 0. The molecule has 4 nitrogen and oxygen atoms in total. The smallest absolute Gasteiger partial charge is 0.191 e. The SMILES string of the molecule is CCn1c(SCc2c(Cl)cccc2Cl)nnc1C(C)Oc1ccccc1. The summed E-state index contributed by atoms with van der Waals surface area (Å²) in [6.07, 6.45) is -0.205. The molecule has 1 aromatic heterocycles. The fourth-order valence-electron chi connectivity index (χ4n) is 2.57. The van der Waals surface area contributed by atoms with Crippen molar-refractivity contribution in [3.8, 4) is 5.75 Å². The van der Waals surface area contributed by atoms with Crippen LogP contribution in [0.4, 0.5) is 0 Å². The maximum atomic E-state index is 6.25. The minimum absolute atomic E-state index is 0.205. The number of halogens is 2. The van der Waals surface area contributed by atoms with Crippen LogP contribution in [0.15, 0.2) is 53.7 Å². The van der Waals surface area contributed by atoms with Gasteiger partial charge in [-0.25, -0.2) is 0 Å². The first-order valence-electron chi connectivity index (χ1n) is 8.30. The number of thioether (sulfide) groups is 1. The van der Waals surface area contributed by atoms with Crippen LogP contribution in [0, 0.1) is 0 Å². The van der Waals surface area contributed by atoms with E-state index in [2.05, 4.69) is 21.7 Å². The molecule has 1 heterocycles. The van der Waals surface area contributed by atoms with Crippen molar-refractivity contribution in [2.75, 3.05) is 0 Å². The Balaban J connectivity index is 1.75. The van der Waals surface area contributed by atoms with Crippen molar-refractivity contribution in [2.24, 2.45) is 0 Å². The topological polar surface area (TPSA) is 39.9 Å². The molecular weight excluding hydrogens is 389 g/mol. The average molecular weight is 408 g/mol. The lowest BCUT2D eigenvalue weighted by Crippen LogP contribution is -2.11. The Morgan fingerprint density at radius 3 is 2.38 bits per heavy atom. The summed E-state index contributed by atoms with van der Waals surface area (Å²) in [5.41, 5.74) is 0.904. The van der Waals surface area contributed by atoms with E-state index in [4.69, 9.17) is 27.9 Å². The molecule has 0 N–H and O–H groups in total. The van der Waals surface area contributed by atoms with Gasteiger partial charge in [-0.3, -0.25) is 0 Å².